The summed E-state index contributed by atoms with van der Waals surface area (Å²) < 4.78 is 17.4. The number of hydrogen-bond acceptors (Lipinski definition) is 4. The third-order valence-corrected chi connectivity index (χ3v) is 3.72. The fraction of sp³-hybridized carbons (Fsp3) is 1.00. The Balaban J connectivity index is 1.72. The van der Waals surface area contributed by atoms with E-state index in [1.54, 1.807) is 0 Å². The van der Waals surface area contributed by atoms with Crippen LogP contribution in [-0.2, 0) is 14.2 Å². The first-order valence-electron chi connectivity index (χ1n) is 5.91. The highest BCUT2D eigenvalue weighted by Crippen LogP contribution is 2.43. The fourth-order valence-electron chi connectivity index (χ4n) is 2.93. The highest BCUT2D eigenvalue weighted by molar-refractivity contribution is 4.95. The van der Waals surface area contributed by atoms with Crippen LogP contribution in [0.4, 0.5) is 0 Å². The van der Waals surface area contributed by atoms with E-state index < -0.39 is 0 Å². The van der Waals surface area contributed by atoms with Gasteiger partial charge in [-0.15, -0.1) is 0 Å². The van der Waals surface area contributed by atoms with Crippen molar-refractivity contribution in [1.82, 2.24) is 0 Å². The molecule has 0 aromatic rings. The van der Waals surface area contributed by atoms with Gasteiger partial charge < -0.3 is 19.3 Å². The molecule has 4 nitrogen and oxygen atoms in total. The second kappa shape index (κ2) is 3.70. The van der Waals surface area contributed by atoms with Gasteiger partial charge in [0.2, 0.25) is 0 Å². The SMILES string of the molecule is OCC1OCC2OC3(CCCCC3)OC12. The van der Waals surface area contributed by atoms with Crippen LogP contribution in [0, 0.1) is 0 Å². The molecule has 1 saturated carbocycles. The van der Waals surface area contributed by atoms with E-state index in [1.807, 2.05) is 0 Å². The van der Waals surface area contributed by atoms with Gasteiger partial charge in [-0.3, -0.25) is 0 Å². The summed E-state index contributed by atoms with van der Waals surface area (Å²) in [4.78, 5) is 0. The lowest BCUT2D eigenvalue weighted by Crippen LogP contribution is -2.37. The number of ether oxygens (including phenoxy) is 3. The molecule has 0 amide bonds. The largest absolute Gasteiger partial charge is 0.394 e. The van der Waals surface area contributed by atoms with Crippen LogP contribution in [0.2, 0.25) is 0 Å². The molecule has 0 aromatic carbocycles. The van der Waals surface area contributed by atoms with Crippen molar-refractivity contribution < 1.29 is 19.3 Å². The molecule has 86 valence electrons. The maximum absolute atomic E-state index is 9.14. The van der Waals surface area contributed by atoms with Crippen LogP contribution in [0.1, 0.15) is 32.1 Å². The predicted octanol–water partition coefficient (Wildman–Crippen LogP) is 0.822. The first kappa shape index (κ1) is 10.0. The molecule has 3 aliphatic rings. The quantitative estimate of drug-likeness (QED) is 0.702. The summed E-state index contributed by atoms with van der Waals surface area (Å²) >= 11 is 0. The highest BCUT2D eigenvalue weighted by Gasteiger charge is 2.53. The van der Waals surface area contributed by atoms with E-state index in [1.165, 1.54) is 19.3 Å². The molecule has 0 bridgehead atoms. The molecule has 2 aliphatic heterocycles. The summed E-state index contributed by atoms with van der Waals surface area (Å²) in [6.07, 6.45) is 5.46. The van der Waals surface area contributed by atoms with Gasteiger partial charge in [0.15, 0.2) is 5.79 Å². The summed E-state index contributed by atoms with van der Waals surface area (Å²) in [6, 6.07) is 0. The fourth-order valence-corrected chi connectivity index (χ4v) is 2.93. The maximum Gasteiger partial charge on any atom is 0.169 e. The molecule has 1 aliphatic carbocycles. The number of rotatable bonds is 1. The minimum Gasteiger partial charge on any atom is -0.394 e. The molecule has 3 unspecified atom stereocenters. The lowest BCUT2D eigenvalue weighted by molar-refractivity contribution is -0.216. The van der Waals surface area contributed by atoms with E-state index >= 15 is 0 Å². The molecule has 3 fully saturated rings. The molecule has 0 aromatic heterocycles. The Hall–Kier alpha value is -0.160. The van der Waals surface area contributed by atoms with Gasteiger partial charge in [0, 0.05) is 12.8 Å². The maximum atomic E-state index is 9.14. The Morgan fingerprint density at radius 3 is 2.67 bits per heavy atom. The molecule has 3 rings (SSSR count). The van der Waals surface area contributed by atoms with Gasteiger partial charge in [-0.2, -0.15) is 0 Å². The first-order chi connectivity index (χ1) is 7.33. The van der Waals surface area contributed by atoms with Crippen LogP contribution in [0.25, 0.3) is 0 Å². The molecule has 4 heteroatoms. The predicted molar refractivity (Wildman–Crippen MR) is 52.4 cm³/mol. The molecular formula is C11H18O4. The molecule has 0 radical (unpaired) electrons. The molecular weight excluding hydrogens is 196 g/mol. The number of aliphatic hydroxyl groups excluding tert-OH is 1. The van der Waals surface area contributed by atoms with Crippen molar-refractivity contribution in [2.45, 2.75) is 56.2 Å². The molecule has 3 atom stereocenters. The van der Waals surface area contributed by atoms with Gasteiger partial charge in [-0.25, -0.2) is 0 Å². The standard InChI is InChI=1S/C11H18O4/c12-6-8-10-9(7-13-8)14-11(15-10)4-2-1-3-5-11/h8-10,12H,1-7H2. The van der Waals surface area contributed by atoms with Crippen molar-refractivity contribution >= 4 is 0 Å². The van der Waals surface area contributed by atoms with Crippen molar-refractivity contribution in [2.75, 3.05) is 13.2 Å². The van der Waals surface area contributed by atoms with Gasteiger partial charge in [0.25, 0.3) is 0 Å². The third kappa shape index (κ3) is 1.60. The zero-order valence-corrected chi connectivity index (χ0v) is 8.85. The summed E-state index contributed by atoms with van der Waals surface area (Å²) in [5, 5.41) is 9.14. The highest BCUT2D eigenvalue weighted by atomic mass is 16.8. The van der Waals surface area contributed by atoms with Crippen molar-refractivity contribution in [2.24, 2.45) is 0 Å². The van der Waals surface area contributed by atoms with Crippen LogP contribution in [0.15, 0.2) is 0 Å². The van der Waals surface area contributed by atoms with Gasteiger partial charge in [-0.1, -0.05) is 6.42 Å². The van der Waals surface area contributed by atoms with Gasteiger partial charge >= 0.3 is 0 Å². The second-order valence-corrected chi connectivity index (χ2v) is 4.76. The van der Waals surface area contributed by atoms with Crippen molar-refractivity contribution in [1.29, 1.82) is 0 Å². The van der Waals surface area contributed by atoms with Crippen molar-refractivity contribution in [3.63, 3.8) is 0 Å². The average Bonchev–Trinajstić information content (AvgIpc) is 2.76. The Kier molecular flexibility index (Phi) is 2.47. The molecule has 1 N–H and O–H groups in total. The third-order valence-electron chi connectivity index (χ3n) is 3.72. The lowest BCUT2D eigenvalue weighted by atomic mass is 9.94. The Morgan fingerprint density at radius 2 is 1.93 bits per heavy atom. The van der Waals surface area contributed by atoms with Gasteiger partial charge in [0.05, 0.1) is 13.2 Å². The van der Waals surface area contributed by atoms with E-state index in [0.717, 1.165) is 12.8 Å². The molecule has 2 heterocycles. The van der Waals surface area contributed by atoms with Crippen LogP contribution >= 0.6 is 0 Å². The molecule has 2 saturated heterocycles. The average molecular weight is 214 g/mol. The first-order valence-corrected chi connectivity index (χ1v) is 5.91. The minimum absolute atomic E-state index is 0.0284. The van der Waals surface area contributed by atoms with Crippen LogP contribution < -0.4 is 0 Å². The van der Waals surface area contributed by atoms with Gasteiger partial charge in [0.1, 0.15) is 18.3 Å². The van der Waals surface area contributed by atoms with Crippen LogP contribution in [0.5, 0.6) is 0 Å². The monoisotopic (exact) mass is 214 g/mol. The zero-order chi connectivity index (χ0) is 10.3. The smallest absolute Gasteiger partial charge is 0.169 e. The Bertz CT molecular complexity index is 237. The van der Waals surface area contributed by atoms with Crippen LogP contribution in [0.3, 0.4) is 0 Å². The summed E-state index contributed by atoms with van der Waals surface area (Å²) in [6.45, 7) is 0.595. The summed E-state index contributed by atoms with van der Waals surface area (Å²) in [5.74, 6) is -0.342. The lowest BCUT2D eigenvalue weighted by Gasteiger charge is -2.33. The van der Waals surface area contributed by atoms with E-state index in [0.29, 0.717) is 6.61 Å². The number of fused-ring (bicyclic) bond motifs is 1. The topological polar surface area (TPSA) is 47.9 Å². The Morgan fingerprint density at radius 1 is 1.13 bits per heavy atom. The number of aliphatic hydroxyl groups is 1. The van der Waals surface area contributed by atoms with Crippen LogP contribution in [-0.4, -0.2) is 42.4 Å². The van der Waals surface area contributed by atoms with E-state index in [-0.39, 0.29) is 30.7 Å². The number of hydrogen-bond donors (Lipinski definition) is 1. The minimum atomic E-state index is -0.342. The van der Waals surface area contributed by atoms with Crippen molar-refractivity contribution in [3.8, 4) is 0 Å². The molecule has 1 spiro atoms. The summed E-state index contributed by atoms with van der Waals surface area (Å²) in [7, 11) is 0. The van der Waals surface area contributed by atoms with Crippen molar-refractivity contribution in [3.05, 3.63) is 0 Å². The van der Waals surface area contributed by atoms with E-state index in [4.69, 9.17) is 19.3 Å². The summed E-state index contributed by atoms with van der Waals surface area (Å²) in [5.41, 5.74) is 0. The zero-order valence-electron chi connectivity index (χ0n) is 8.85. The normalized spacial score (nSPS) is 43.4. The van der Waals surface area contributed by atoms with E-state index in [2.05, 4.69) is 0 Å². The Labute approximate surface area is 89.5 Å². The van der Waals surface area contributed by atoms with Gasteiger partial charge in [-0.05, 0) is 12.8 Å². The second-order valence-electron chi connectivity index (χ2n) is 4.76. The molecule has 15 heavy (non-hydrogen) atoms. The van der Waals surface area contributed by atoms with E-state index in [9.17, 15) is 0 Å².